The second kappa shape index (κ2) is 6.13. The summed E-state index contributed by atoms with van der Waals surface area (Å²) in [6, 6.07) is 5.32. The summed E-state index contributed by atoms with van der Waals surface area (Å²) >= 11 is 3.33. The molecular weight excluding hydrogens is 340 g/mol. The minimum absolute atomic E-state index is 0.0399. The first-order valence-corrected chi connectivity index (χ1v) is 9.07. The number of halogens is 1. The van der Waals surface area contributed by atoms with Crippen LogP contribution in [0.5, 0.6) is 0 Å². The van der Waals surface area contributed by atoms with Crippen molar-refractivity contribution >= 4 is 26.0 Å². The zero-order valence-electron chi connectivity index (χ0n) is 11.9. The monoisotopic (exact) mass is 360 g/mol. The summed E-state index contributed by atoms with van der Waals surface area (Å²) in [5.41, 5.74) is 0.800. The van der Waals surface area contributed by atoms with E-state index in [0.717, 1.165) is 36.0 Å². The Morgan fingerprint density at radius 3 is 2.65 bits per heavy atom. The molecule has 0 atom stereocenters. The maximum absolute atomic E-state index is 12.4. The van der Waals surface area contributed by atoms with Gasteiger partial charge in [0.1, 0.15) is 0 Å². The Labute approximate surface area is 129 Å². The Bertz CT molecular complexity index is 581. The quantitative estimate of drug-likeness (QED) is 0.866. The molecule has 0 radical (unpaired) electrons. The second-order valence-corrected chi connectivity index (χ2v) is 8.45. The molecule has 4 nitrogen and oxygen atoms in total. The summed E-state index contributed by atoms with van der Waals surface area (Å²) in [4.78, 5) is 0.351. The van der Waals surface area contributed by atoms with Gasteiger partial charge in [-0.15, -0.1) is 0 Å². The molecule has 0 spiro atoms. The van der Waals surface area contributed by atoms with E-state index in [1.54, 1.807) is 6.07 Å². The molecule has 2 N–H and O–H groups in total. The van der Waals surface area contributed by atoms with Crippen molar-refractivity contribution in [1.29, 1.82) is 0 Å². The fourth-order valence-corrected chi connectivity index (χ4v) is 4.40. The Morgan fingerprint density at radius 1 is 1.35 bits per heavy atom. The predicted octanol–water partition coefficient (Wildman–Crippen LogP) is 2.43. The van der Waals surface area contributed by atoms with Gasteiger partial charge in [0.15, 0.2) is 0 Å². The van der Waals surface area contributed by atoms with Crippen LogP contribution >= 0.6 is 15.9 Å². The van der Waals surface area contributed by atoms with Crippen LogP contribution in [0.3, 0.4) is 0 Å². The molecule has 1 aromatic carbocycles. The Balaban J connectivity index is 2.13. The van der Waals surface area contributed by atoms with E-state index in [4.69, 9.17) is 0 Å². The van der Waals surface area contributed by atoms with Crippen molar-refractivity contribution in [3.63, 3.8) is 0 Å². The normalized spacial score (nSPS) is 18.9. The molecule has 0 amide bonds. The highest BCUT2D eigenvalue weighted by Crippen LogP contribution is 2.28. The highest BCUT2D eigenvalue weighted by Gasteiger charge is 2.29. The Hall–Kier alpha value is -0.430. The van der Waals surface area contributed by atoms with E-state index < -0.39 is 10.0 Å². The van der Waals surface area contributed by atoms with E-state index in [2.05, 4.69) is 32.9 Å². The van der Waals surface area contributed by atoms with Crippen molar-refractivity contribution in [2.45, 2.75) is 31.6 Å². The first-order chi connectivity index (χ1) is 9.32. The summed E-state index contributed by atoms with van der Waals surface area (Å²) in [5, 5.41) is 3.30. The number of rotatable bonds is 4. The van der Waals surface area contributed by atoms with Gasteiger partial charge in [-0.1, -0.05) is 28.9 Å². The molecule has 0 aliphatic carbocycles. The first-order valence-electron chi connectivity index (χ1n) is 6.79. The molecule has 0 bridgehead atoms. The lowest BCUT2D eigenvalue weighted by Gasteiger charge is -2.34. The van der Waals surface area contributed by atoms with Crippen LogP contribution in [-0.4, -0.2) is 28.1 Å². The molecule has 0 unspecified atom stereocenters. The zero-order chi connectivity index (χ0) is 14.8. The van der Waals surface area contributed by atoms with Gasteiger partial charge in [0.05, 0.1) is 4.90 Å². The third kappa shape index (κ3) is 3.81. The van der Waals surface area contributed by atoms with E-state index in [1.807, 2.05) is 19.1 Å². The summed E-state index contributed by atoms with van der Waals surface area (Å²) < 4.78 is 28.4. The molecule has 112 valence electrons. The molecule has 1 heterocycles. The SMILES string of the molecule is Cc1ccc(Br)cc1S(=O)(=O)NCC1(C)CCNCC1. The molecule has 20 heavy (non-hydrogen) atoms. The number of hydrogen-bond donors (Lipinski definition) is 2. The van der Waals surface area contributed by atoms with Crippen LogP contribution < -0.4 is 10.0 Å². The maximum Gasteiger partial charge on any atom is 0.240 e. The highest BCUT2D eigenvalue weighted by molar-refractivity contribution is 9.10. The van der Waals surface area contributed by atoms with Crippen molar-refractivity contribution in [3.8, 4) is 0 Å². The Morgan fingerprint density at radius 2 is 2.00 bits per heavy atom. The molecule has 1 aliphatic rings. The third-order valence-electron chi connectivity index (χ3n) is 3.94. The fraction of sp³-hybridized carbons (Fsp3) is 0.571. The summed E-state index contributed by atoms with van der Waals surface area (Å²) in [6.45, 7) is 6.35. The lowest BCUT2D eigenvalue weighted by Crippen LogP contribution is -2.42. The largest absolute Gasteiger partial charge is 0.317 e. The van der Waals surface area contributed by atoms with Crippen molar-refractivity contribution in [2.24, 2.45) is 5.41 Å². The summed E-state index contributed by atoms with van der Waals surface area (Å²) in [6.07, 6.45) is 1.99. The molecule has 0 saturated carbocycles. The van der Waals surface area contributed by atoms with Crippen LogP contribution in [0.1, 0.15) is 25.3 Å². The number of nitrogens with one attached hydrogen (secondary N) is 2. The summed E-state index contributed by atoms with van der Waals surface area (Å²) in [7, 11) is -3.45. The van der Waals surface area contributed by atoms with Gasteiger partial charge in [0.25, 0.3) is 0 Å². The Kier molecular flexibility index (Phi) is 4.89. The molecule has 1 saturated heterocycles. The van der Waals surface area contributed by atoms with Crippen molar-refractivity contribution < 1.29 is 8.42 Å². The van der Waals surface area contributed by atoms with Gasteiger partial charge in [-0.25, -0.2) is 13.1 Å². The molecule has 6 heteroatoms. The van der Waals surface area contributed by atoms with E-state index >= 15 is 0 Å². The van der Waals surface area contributed by atoms with E-state index in [-0.39, 0.29) is 5.41 Å². The van der Waals surface area contributed by atoms with Crippen molar-refractivity contribution in [1.82, 2.24) is 10.0 Å². The van der Waals surface area contributed by atoms with E-state index in [1.165, 1.54) is 0 Å². The van der Waals surface area contributed by atoms with Crippen molar-refractivity contribution in [2.75, 3.05) is 19.6 Å². The minimum Gasteiger partial charge on any atom is -0.317 e. The maximum atomic E-state index is 12.4. The molecule has 1 fully saturated rings. The number of hydrogen-bond acceptors (Lipinski definition) is 3. The minimum atomic E-state index is -3.45. The van der Waals surface area contributed by atoms with Gasteiger partial charge in [-0.3, -0.25) is 0 Å². The molecule has 1 aromatic rings. The average Bonchev–Trinajstić information content (AvgIpc) is 2.40. The first kappa shape index (κ1) is 15.9. The third-order valence-corrected chi connectivity index (χ3v) is 5.98. The van der Waals surface area contributed by atoms with Gasteiger partial charge in [0.2, 0.25) is 10.0 Å². The molecule has 2 rings (SSSR count). The number of sulfonamides is 1. The second-order valence-electron chi connectivity index (χ2n) is 5.80. The molecule has 0 aromatic heterocycles. The lowest BCUT2D eigenvalue weighted by molar-refractivity contribution is 0.232. The van der Waals surface area contributed by atoms with Gasteiger partial charge in [0, 0.05) is 11.0 Å². The topological polar surface area (TPSA) is 58.2 Å². The van der Waals surface area contributed by atoms with Crippen molar-refractivity contribution in [3.05, 3.63) is 28.2 Å². The van der Waals surface area contributed by atoms with Crippen LogP contribution in [0.15, 0.2) is 27.6 Å². The summed E-state index contributed by atoms with van der Waals surface area (Å²) in [5.74, 6) is 0. The van der Waals surface area contributed by atoms with Crippen LogP contribution in [0.2, 0.25) is 0 Å². The highest BCUT2D eigenvalue weighted by atomic mass is 79.9. The van der Waals surface area contributed by atoms with Gasteiger partial charge in [-0.2, -0.15) is 0 Å². The number of piperidine rings is 1. The lowest BCUT2D eigenvalue weighted by atomic mass is 9.81. The average molecular weight is 361 g/mol. The zero-order valence-corrected chi connectivity index (χ0v) is 14.3. The predicted molar refractivity (Wildman–Crippen MR) is 84.3 cm³/mol. The van der Waals surface area contributed by atoms with Crippen LogP contribution in [0, 0.1) is 12.3 Å². The van der Waals surface area contributed by atoms with Crippen LogP contribution in [0.25, 0.3) is 0 Å². The standard InChI is InChI=1S/C14H21BrN2O2S/c1-11-3-4-12(15)9-13(11)20(18,19)17-10-14(2)5-7-16-8-6-14/h3-4,9,16-17H,5-8,10H2,1-2H3. The van der Waals surface area contributed by atoms with E-state index in [9.17, 15) is 8.42 Å². The number of aryl methyl sites for hydroxylation is 1. The van der Waals surface area contributed by atoms with Crippen LogP contribution in [-0.2, 0) is 10.0 Å². The number of benzene rings is 1. The molecule has 1 aliphatic heterocycles. The fourth-order valence-electron chi connectivity index (χ4n) is 2.42. The van der Waals surface area contributed by atoms with Gasteiger partial charge < -0.3 is 5.32 Å². The smallest absolute Gasteiger partial charge is 0.240 e. The van der Waals surface area contributed by atoms with Crippen LogP contribution in [0.4, 0.5) is 0 Å². The van der Waals surface area contributed by atoms with Gasteiger partial charge in [-0.05, 0) is 56.0 Å². The molecular formula is C14H21BrN2O2S. The van der Waals surface area contributed by atoms with Gasteiger partial charge >= 0.3 is 0 Å². The van der Waals surface area contributed by atoms with E-state index in [0.29, 0.717) is 11.4 Å².